The normalized spacial score (nSPS) is 11.6. The highest BCUT2D eigenvalue weighted by Gasteiger charge is 2.13. The van der Waals surface area contributed by atoms with Crippen LogP contribution in [-0.2, 0) is 0 Å². The lowest BCUT2D eigenvalue weighted by Crippen LogP contribution is -1.91. The van der Waals surface area contributed by atoms with E-state index in [1.807, 2.05) is 18.2 Å². The van der Waals surface area contributed by atoms with Gasteiger partial charge in [0.1, 0.15) is 0 Å². The van der Waals surface area contributed by atoms with E-state index in [4.69, 9.17) is 9.97 Å². The fourth-order valence-corrected chi connectivity index (χ4v) is 6.22. The summed E-state index contributed by atoms with van der Waals surface area (Å²) < 4.78 is 0. The van der Waals surface area contributed by atoms with E-state index in [0.29, 0.717) is 0 Å². The highest BCUT2D eigenvalue weighted by Crippen LogP contribution is 2.37. The maximum Gasteiger partial charge on any atom is 0.0815 e. The Hall–Kier alpha value is -4.38. The predicted octanol–water partition coefficient (Wildman–Crippen LogP) is 10.1. The van der Waals surface area contributed by atoms with Gasteiger partial charge in [-0.15, -0.1) is 22.7 Å². The summed E-state index contributed by atoms with van der Waals surface area (Å²) in [5, 5.41) is 4.35. The van der Waals surface area contributed by atoms with Crippen LogP contribution in [0.3, 0.4) is 0 Å². The predicted molar refractivity (Wildman–Crippen MR) is 164 cm³/mol. The molecule has 0 spiro atoms. The summed E-state index contributed by atoms with van der Waals surface area (Å²) in [6.45, 7) is 0. The van der Waals surface area contributed by atoms with Crippen molar-refractivity contribution in [2.75, 3.05) is 0 Å². The molecule has 0 atom stereocenters. The number of rotatable bonds is 5. The molecule has 0 aliphatic carbocycles. The molecule has 4 aromatic heterocycles. The Morgan fingerprint density at radius 3 is 2.11 bits per heavy atom. The SMILES string of the molecule is C(=C\c1ccc(-c2cc(-c3ccccc3)c3cc4ccc(-c5ccccc5)nc4cc3n2)s1)/c1cccs1. The molecule has 0 N–H and O–H groups in total. The van der Waals surface area contributed by atoms with Gasteiger partial charge >= 0.3 is 0 Å². The number of hydrogen-bond donors (Lipinski definition) is 0. The maximum absolute atomic E-state index is 5.16. The summed E-state index contributed by atoms with van der Waals surface area (Å²) in [5.74, 6) is 0. The number of nitrogens with zero attached hydrogens (tertiary/aromatic N) is 2. The zero-order chi connectivity index (χ0) is 25.3. The van der Waals surface area contributed by atoms with E-state index in [2.05, 4.69) is 115 Å². The molecule has 0 amide bonds. The smallest absolute Gasteiger partial charge is 0.0815 e. The Morgan fingerprint density at radius 2 is 1.32 bits per heavy atom. The lowest BCUT2D eigenvalue weighted by molar-refractivity contribution is 1.38. The summed E-state index contributed by atoms with van der Waals surface area (Å²) in [6.07, 6.45) is 4.35. The Kier molecular flexibility index (Phi) is 5.89. The van der Waals surface area contributed by atoms with E-state index in [1.165, 1.54) is 20.9 Å². The average Bonchev–Trinajstić information content (AvgIpc) is 3.68. The molecule has 0 saturated heterocycles. The molecular formula is C34H22N2S2. The summed E-state index contributed by atoms with van der Waals surface area (Å²) >= 11 is 3.51. The van der Waals surface area contributed by atoms with Gasteiger partial charge in [-0.3, -0.25) is 0 Å². The van der Waals surface area contributed by atoms with E-state index < -0.39 is 0 Å². The average molecular weight is 523 g/mol. The van der Waals surface area contributed by atoms with Crippen LogP contribution >= 0.6 is 22.7 Å². The third-order valence-corrected chi connectivity index (χ3v) is 8.52. The second kappa shape index (κ2) is 9.82. The minimum Gasteiger partial charge on any atom is -0.248 e. The third-order valence-electron chi connectivity index (χ3n) is 6.61. The van der Waals surface area contributed by atoms with E-state index in [0.717, 1.165) is 43.6 Å². The molecule has 180 valence electrons. The molecule has 7 rings (SSSR count). The van der Waals surface area contributed by atoms with Crippen LogP contribution in [0.4, 0.5) is 0 Å². The van der Waals surface area contributed by atoms with Crippen LogP contribution in [0.5, 0.6) is 0 Å². The quantitative estimate of drug-likeness (QED) is 0.210. The number of pyridine rings is 2. The molecule has 0 aliphatic rings. The van der Waals surface area contributed by atoms with Crippen molar-refractivity contribution in [3.8, 4) is 33.0 Å². The summed E-state index contributed by atoms with van der Waals surface area (Å²) in [7, 11) is 0. The van der Waals surface area contributed by atoms with Crippen molar-refractivity contribution < 1.29 is 0 Å². The number of hydrogen-bond acceptors (Lipinski definition) is 4. The van der Waals surface area contributed by atoms with E-state index >= 15 is 0 Å². The summed E-state index contributed by atoms with van der Waals surface area (Å²) in [4.78, 5) is 13.8. The Bertz CT molecular complexity index is 1900. The van der Waals surface area contributed by atoms with Crippen LogP contribution in [0.15, 0.2) is 121 Å². The zero-order valence-electron chi connectivity index (χ0n) is 20.4. The molecule has 0 saturated carbocycles. The lowest BCUT2D eigenvalue weighted by Gasteiger charge is -2.11. The van der Waals surface area contributed by atoms with Crippen LogP contribution in [0.1, 0.15) is 9.75 Å². The molecule has 3 aromatic carbocycles. The first-order valence-corrected chi connectivity index (χ1v) is 14.2. The summed E-state index contributed by atoms with van der Waals surface area (Å²) in [5.41, 5.74) is 7.34. The van der Waals surface area contributed by atoms with Gasteiger partial charge in [-0.1, -0.05) is 72.8 Å². The van der Waals surface area contributed by atoms with Crippen molar-refractivity contribution >= 4 is 56.6 Å². The first-order chi connectivity index (χ1) is 18.8. The number of thiophene rings is 2. The van der Waals surface area contributed by atoms with E-state index in [-0.39, 0.29) is 0 Å². The van der Waals surface area contributed by atoms with Crippen LogP contribution < -0.4 is 0 Å². The molecule has 0 radical (unpaired) electrons. The van der Waals surface area contributed by atoms with Crippen molar-refractivity contribution in [1.82, 2.24) is 9.97 Å². The molecule has 38 heavy (non-hydrogen) atoms. The van der Waals surface area contributed by atoms with Crippen LogP contribution in [0.2, 0.25) is 0 Å². The standard InChI is InChI=1S/C34H22N2S2/c1-3-8-23(9-4-1)28-21-33(34-18-16-27(38-34)15-14-26-12-7-19-37-26)36-32-22-31-25(20-29(28)32)13-17-30(35-31)24-10-5-2-6-11-24/h1-22H/b15-14+. The number of benzene rings is 3. The molecule has 7 aromatic rings. The first kappa shape index (κ1) is 22.8. The van der Waals surface area contributed by atoms with Gasteiger partial charge in [0.05, 0.1) is 27.3 Å². The topological polar surface area (TPSA) is 25.8 Å². The fraction of sp³-hybridized carbons (Fsp3) is 0. The van der Waals surface area contributed by atoms with E-state index in [1.54, 1.807) is 22.7 Å². The van der Waals surface area contributed by atoms with Crippen molar-refractivity contribution in [3.63, 3.8) is 0 Å². The summed E-state index contributed by atoms with van der Waals surface area (Å²) in [6, 6.07) is 40.3. The van der Waals surface area contributed by atoms with Gasteiger partial charge in [0.25, 0.3) is 0 Å². The molecule has 0 unspecified atom stereocenters. The molecule has 0 bridgehead atoms. The highest BCUT2D eigenvalue weighted by atomic mass is 32.1. The fourth-order valence-electron chi connectivity index (χ4n) is 4.73. The molecule has 4 heteroatoms. The van der Waals surface area contributed by atoms with E-state index in [9.17, 15) is 0 Å². The van der Waals surface area contributed by atoms with Gasteiger partial charge < -0.3 is 0 Å². The van der Waals surface area contributed by atoms with Gasteiger partial charge in [-0.05, 0) is 71.1 Å². The van der Waals surface area contributed by atoms with Gasteiger partial charge in [0.15, 0.2) is 0 Å². The Morgan fingerprint density at radius 1 is 0.553 bits per heavy atom. The van der Waals surface area contributed by atoms with Gasteiger partial charge in [-0.2, -0.15) is 0 Å². The maximum atomic E-state index is 5.16. The highest BCUT2D eigenvalue weighted by molar-refractivity contribution is 7.16. The third kappa shape index (κ3) is 4.45. The first-order valence-electron chi connectivity index (χ1n) is 12.5. The molecule has 0 fully saturated rings. The van der Waals surface area contributed by atoms with Gasteiger partial charge in [0, 0.05) is 26.1 Å². The van der Waals surface area contributed by atoms with Gasteiger partial charge in [-0.25, -0.2) is 9.97 Å². The molecule has 4 heterocycles. The zero-order valence-corrected chi connectivity index (χ0v) is 22.0. The molecular weight excluding hydrogens is 501 g/mol. The van der Waals surface area contributed by atoms with Gasteiger partial charge in [0.2, 0.25) is 0 Å². The monoisotopic (exact) mass is 522 g/mol. The Labute approximate surface area is 229 Å². The van der Waals surface area contributed by atoms with Crippen molar-refractivity contribution in [3.05, 3.63) is 130 Å². The van der Waals surface area contributed by atoms with Crippen molar-refractivity contribution in [2.24, 2.45) is 0 Å². The number of fused-ring (bicyclic) bond motifs is 2. The van der Waals surface area contributed by atoms with Crippen LogP contribution in [0, 0.1) is 0 Å². The molecule has 0 aliphatic heterocycles. The lowest BCUT2D eigenvalue weighted by atomic mass is 9.98. The second-order valence-electron chi connectivity index (χ2n) is 9.10. The number of aromatic nitrogens is 2. The minimum absolute atomic E-state index is 0.952. The van der Waals surface area contributed by atoms with Crippen LogP contribution in [-0.4, -0.2) is 9.97 Å². The Balaban J connectivity index is 1.38. The van der Waals surface area contributed by atoms with Crippen molar-refractivity contribution in [1.29, 1.82) is 0 Å². The van der Waals surface area contributed by atoms with Crippen LogP contribution in [0.25, 0.3) is 66.9 Å². The minimum atomic E-state index is 0.952. The largest absolute Gasteiger partial charge is 0.248 e. The molecule has 2 nitrogen and oxygen atoms in total. The van der Waals surface area contributed by atoms with Crippen molar-refractivity contribution in [2.45, 2.75) is 0 Å². The second-order valence-corrected chi connectivity index (χ2v) is 11.2.